The molecular formula is C23H24F2N2O2. The van der Waals surface area contributed by atoms with Crippen LogP contribution in [-0.2, 0) is 4.79 Å². The van der Waals surface area contributed by atoms with Crippen LogP contribution in [0.4, 0.5) is 8.78 Å². The first-order valence-electron chi connectivity index (χ1n) is 9.86. The van der Waals surface area contributed by atoms with Crippen LogP contribution < -0.4 is 0 Å². The lowest BCUT2D eigenvalue weighted by Gasteiger charge is -2.30. The Balaban J connectivity index is 1.63. The van der Waals surface area contributed by atoms with Crippen molar-refractivity contribution in [3.05, 3.63) is 70.3 Å². The highest BCUT2D eigenvalue weighted by Gasteiger charge is 2.50. The number of likely N-dealkylation sites (tertiary alicyclic amines) is 2. The zero-order valence-electron chi connectivity index (χ0n) is 16.8. The summed E-state index contributed by atoms with van der Waals surface area (Å²) in [4.78, 5) is 28.7. The Labute approximate surface area is 169 Å². The number of hydrogen-bond donors (Lipinski definition) is 0. The van der Waals surface area contributed by atoms with E-state index in [-0.39, 0.29) is 34.9 Å². The van der Waals surface area contributed by atoms with E-state index in [1.165, 1.54) is 19.1 Å². The third-order valence-corrected chi connectivity index (χ3v) is 6.37. The molecule has 2 aromatic rings. The van der Waals surface area contributed by atoms with Crippen LogP contribution in [0.1, 0.15) is 40.0 Å². The number of carbonyl (C=O) groups is 2. The highest BCUT2D eigenvalue weighted by atomic mass is 19.2. The minimum atomic E-state index is -1.09. The van der Waals surface area contributed by atoms with Crippen LogP contribution in [0.3, 0.4) is 0 Å². The number of nitrogens with zero attached hydrogens (tertiary/aromatic N) is 2. The second-order valence-corrected chi connectivity index (χ2v) is 8.16. The summed E-state index contributed by atoms with van der Waals surface area (Å²) in [5.41, 5.74) is 2.12. The van der Waals surface area contributed by atoms with Crippen LogP contribution >= 0.6 is 0 Å². The average molecular weight is 398 g/mol. The van der Waals surface area contributed by atoms with Gasteiger partial charge < -0.3 is 9.80 Å². The Morgan fingerprint density at radius 1 is 0.931 bits per heavy atom. The summed E-state index contributed by atoms with van der Waals surface area (Å²) < 4.78 is 28.3. The maximum Gasteiger partial charge on any atom is 0.256 e. The smallest absolute Gasteiger partial charge is 0.256 e. The highest BCUT2D eigenvalue weighted by Crippen LogP contribution is 2.46. The molecule has 2 saturated heterocycles. The van der Waals surface area contributed by atoms with Gasteiger partial charge in [-0.15, -0.1) is 0 Å². The van der Waals surface area contributed by atoms with E-state index in [0.29, 0.717) is 19.6 Å². The fourth-order valence-corrected chi connectivity index (χ4v) is 4.83. The molecule has 6 heteroatoms. The Kier molecular flexibility index (Phi) is 4.89. The zero-order chi connectivity index (χ0) is 20.9. The van der Waals surface area contributed by atoms with Gasteiger partial charge in [0, 0.05) is 38.4 Å². The van der Waals surface area contributed by atoms with Crippen molar-refractivity contribution in [3.63, 3.8) is 0 Å². The number of halogens is 2. The molecule has 0 unspecified atom stereocenters. The normalized spacial score (nSPS) is 23.4. The van der Waals surface area contributed by atoms with Crippen molar-refractivity contribution in [1.82, 2.24) is 9.80 Å². The molecule has 0 radical (unpaired) electrons. The summed E-state index contributed by atoms with van der Waals surface area (Å²) in [5, 5.41) is 0. The van der Waals surface area contributed by atoms with E-state index in [9.17, 15) is 18.4 Å². The summed E-state index contributed by atoms with van der Waals surface area (Å²) in [6.07, 6.45) is 0. The van der Waals surface area contributed by atoms with Gasteiger partial charge in [-0.1, -0.05) is 30.3 Å². The molecule has 4 rings (SSSR count). The molecule has 0 saturated carbocycles. The molecule has 2 aliphatic heterocycles. The summed E-state index contributed by atoms with van der Waals surface area (Å²) >= 11 is 0. The number of amides is 2. The van der Waals surface area contributed by atoms with E-state index in [2.05, 4.69) is 0 Å². The van der Waals surface area contributed by atoms with E-state index < -0.39 is 17.5 Å². The van der Waals surface area contributed by atoms with Crippen LogP contribution in [0.2, 0.25) is 0 Å². The molecule has 2 fully saturated rings. The third kappa shape index (κ3) is 3.20. The first-order chi connectivity index (χ1) is 13.8. The van der Waals surface area contributed by atoms with E-state index in [1.807, 2.05) is 36.1 Å². The van der Waals surface area contributed by atoms with E-state index in [0.717, 1.165) is 11.1 Å². The number of hydrogen-bond acceptors (Lipinski definition) is 2. The fourth-order valence-electron chi connectivity index (χ4n) is 4.83. The molecule has 0 aliphatic carbocycles. The lowest BCUT2D eigenvalue weighted by Crippen LogP contribution is -2.37. The molecule has 4 nitrogen and oxygen atoms in total. The molecule has 29 heavy (non-hydrogen) atoms. The first-order valence-corrected chi connectivity index (χ1v) is 9.86. The van der Waals surface area contributed by atoms with Gasteiger partial charge in [0.1, 0.15) is 0 Å². The van der Waals surface area contributed by atoms with Crippen molar-refractivity contribution in [2.75, 3.05) is 19.6 Å². The van der Waals surface area contributed by atoms with Crippen molar-refractivity contribution < 1.29 is 18.4 Å². The number of aryl methyl sites for hydroxylation is 2. The van der Waals surface area contributed by atoms with Gasteiger partial charge in [-0.25, -0.2) is 8.78 Å². The predicted octanol–water partition coefficient (Wildman–Crippen LogP) is 3.87. The summed E-state index contributed by atoms with van der Waals surface area (Å²) in [5.74, 6) is -2.36. The van der Waals surface area contributed by atoms with E-state index in [4.69, 9.17) is 0 Å². The SMILES string of the molecule is CC(=O)N1C[C@H]2CN(C(=O)c3ccc(C)c(F)c3F)C[C@H]2[C@@H]1c1ccccc1C. The molecule has 2 heterocycles. The standard InChI is InChI=1S/C23H24F2N2O2/c1-13-6-4-5-7-17(13)22-19-12-26(10-16(19)11-27(22)15(3)28)23(29)18-9-8-14(2)20(24)21(18)25/h4-9,16,19,22H,10-12H2,1-3H3/t16-,19-,22+/m1/s1. The number of rotatable bonds is 2. The molecule has 2 aromatic carbocycles. The molecule has 0 N–H and O–H groups in total. The minimum Gasteiger partial charge on any atom is -0.338 e. The quantitative estimate of drug-likeness (QED) is 0.771. The van der Waals surface area contributed by atoms with Gasteiger partial charge in [0.05, 0.1) is 11.6 Å². The third-order valence-electron chi connectivity index (χ3n) is 6.37. The monoisotopic (exact) mass is 398 g/mol. The fraction of sp³-hybridized carbons (Fsp3) is 0.391. The summed E-state index contributed by atoms with van der Waals surface area (Å²) in [6.45, 7) is 6.47. The van der Waals surface area contributed by atoms with Crippen LogP contribution in [0.15, 0.2) is 36.4 Å². The molecule has 0 spiro atoms. The van der Waals surface area contributed by atoms with Gasteiger partial charge in [0.15, 0.2) is 11.6 Å². The molecule has 0 bridgehead atoms. The number of carbonyl (C=O) groups excluding carboxylic acids is 2. The van der Waals surface area contributed by atoms with Gasteiger partial charge in [-0.2, -0.15) is 0 Å². The van der Waals surface area contributed by atoms with Crippen LogP contribution in [-0.4, -0.2) is 41.2 Å². The van der Waals surface area contributed by atoms with Crippen molar-refractivity contribution in [2.24, 2.45) is 11.8 Å². The predicted molar refractivity (Wildman–Crippen MR) is 105 cm³/mol. The molecule has 152 valence electrons. The largest absolute Gasteiger partial charge is 0.338 e. The van der Waals surface area contributed by atoms with Crippen molar-refractivity contribution in [2.45, 2.75) is 26.8 Å². The highest BCUT2D eigenvalue weighted by molar-refractivity contribution is 5.95. The van der Waals surface area contributed by atoms with Crippen LogP contribution in [0.25, 0.3) is 0 Å². The van der Waals surface area contributed by atoms with Crippen molar-refractivity contribution in [1.29, 1.82) is 0 Å². The lowest BCUT2D eigenvalue weighted by molar-refractivity contribution is -0.130. The lowest BCUT2D eigenvalue weighted by atomic mass is 9.87. The number of fused-ring (bicyclic) bond motifs is 1. The Morgan fingerprint density at radius 3 is 2.34 bits per heavy atom. The second kappa shape index (κ2) is 7.25. The minimum absolute atomic E-state index is 0.0113. The van der Waals surface area contributed by atoms with Crippen molar-refractivity contribution in [3.8, 4) is 0 Å². The molecule has 0 aromatic heterocycles. The average Bonchev–Trinajstić information content (AvgIpc) is 3.24. The molecular weight excluding hydrogens is 374 g/mol. The topological polar surface area (TPSA) is 40.6 Å². The number of benzene rings is 2. The van der Waals surface area contributed by atoms with Gasteiger partial charge in [0.2, 0.25) is 5.91 Å². The molecule has 3 atom stereocenters. The molecule has 2 aliphatic rings. The van der Waals surface area contributed by atoms with E-state index >= 15 is 0 Å². The van der Waals surface area contributed by atoms with Crippen LogP contribution in [0, 0.1) is 37.3 Å². The van der Waals surface area contributed by atoms with Gasteiger partial charge >= 0.3 is 0 Å². The Hall–Kier alpha value is -2.76. The summed E-state index contributed by atoms with van der Waals surface area (Å²) in [6, 6.07) is 10.6. The van der Waals surface area contributed by atoms with Crippen LogP contribution in [0.5, 0.6) is 0 Å². The summed E-state index contributed by atoms with van der Waals surface area (Å²) in [7, 11) is 0. The first kappa shape index (κ1) is 19.6. The second-order valence-electron chi connectivity index (χ2n) is 8.16. The van der Waals surface area contributed by atoms with Crippen molar-refractivity contribution >= 4 is 11.8 Å². The van der Waals surface area contributed by atoms with Gasteiger partial charge in [-0.05, 0) is 36.6 Å². The van der Waals surface area contributed by atoms with Gasteiger partial charge in [0.25, 0.3) is 5.91 Å². The van der Waals surface area contributed by atoms with Gasteiger partial charge in [-0.3, -0.25) is 9.59 Å². The zero-order valence-corrected chi connectivity index (χ0v) is 16.8. The Bertz CT molecular complexity index is 991. The molecule has 2 amide bonds. The maximum atomic E-state index is 14.3. The Morgan fingerprint density at radius 2 is 1.66 bits per heavy atom. The van der Waals surface area contributed by atoms with E-state index in [1.54, 1.807) is 11.8 Å². The maximum absolute atomic E-state index is 14.3.